The summed E-state index contributed by atoms with van der Waals surface area (Å²) in [5.74, 6) is 0.0130. The van der Waals surface area contributed by atoms with Crippen LogP contribution < -0.4 is 5.73 Å². The quantitative estimate of drug-likeness (QED) is 0.787. The van der Waals surface area contributed by atoms with Gasteiger partial charge in [-0.3, -0.25) is 4.79 Å². The molecular formula is C14H20N2O. The van der Waals surface area contributed by atoms with Crippen LogP contribution >= 0.6 is 0 Å². The topological polar surface area (TPSA) is 46.3 Å². The Morgan fingerprint density at radius 3 is 2.59 bits per heavy atom. The van der Waals surface area contributed by atoms with Crippen molar-refractivity contribution in [3.63, 3.8) is 0 Å². The van der Waals surface area contributed by atoms with Gasteiger partial charge >= 0.3 is 0 Å². The van der Waals surface area contributed by atoms with E-state index in [0.29, 0.717) is 13.1 Å². The Kier molecular flexibility index (Phi) is 5.43. The monoisotopic (exact) mass is 232 g/mol. The second-order valence-corrected chi connectivity index (χ2v) is 4.15. The minimum absolute atomic E-state index is 0.0130. The molecule has 1 aromatic carbocycles. The lowest BCUT2D eigenvalue weighted by molar-refractivity contribution is -0.124. The summed E-state index contributed by atoms with van der Waals surface area (Å²) in [6.45, 7) is 3.35. The number of nitrogens with two attached hydrogens (primary N) is 1. The highest BCUT2D eigenvalue weighted by atomic mass is 16.2. The highest BCUT2D eigenvalue weighted by Crippen LogP contribution is 2.05. The molecule has 0 unspecified atom stereocenters. The van der Waals surface area contributed by atoms with E-state index in [1.54, 1.807) is 18.0 Å². The molecule has 3 nitrogen and oxygen atoms in total. The van der Waals surface area contributed by atoms with Gasteiger partial charge in [-0.05, 0) is 31.5 Å². The van der Waals surface area contributed by atoms with E-state index in [-0.39, 0.29) is 5.91 Å². The van der Waals surface area contributed by atoms with E-state index in [1.165, 1.54) is 5.56 Å². The number of rotatable bonds is 5. The van der Waals surface area contributed by atoms with Gasteiger partial charge in [0.2, 0.25) is 5.91 Å². The molecule has 92 valence electrons. The lowest BCUT2D eigenvalue weighted by atomic mass is 10.1. The highest BCUT2D eigenvalue weighted by molar-refractivity contribution is 5.91. The van der Waals surface area contributed by atoms with Crippen LogP contribution in [0.2, 0.25) is 0 Å². The van der Waals surface area contributed by atoms with E-state index >= 15 is 0 Å². The van der Waals surface area contributed by atoms with Gasteiger partial charge in [0.1, 0.15) is 0 Å². The number of hydrogen-bond donors (Lipinski definition) is 1. The summed E-state index contributed by atoms with van der Waals surface area (Å²) in [6.07, 6.45) is 4.27. The van der Waals surface area contributed by atoms with Gasteiger partial charge in [-0.1, -0.05) is 29.8 Å². The minimum atomic E-state index is 0.0130. The third-order valence-corrected chi connectivity index (χ3v) is 2.57. The lowest BCUT2D eigenvalue weighted by Gasteiger charge is -2.13. The first-order valence-corrected chi connectivity index (χ1v) is 5.83. The molecule has 0 saturated carbocycles. The van der Waals surface area contributed by atoms with Crippen LogP contribution in [0.4, 0.5) is 0 Å². The Morgan fingerprint density at radius 1 is 1.35 bits per heavy atom. The molecule has 0 aliphatic rings. The summed E-state index contributed by atoms with van der Waals surface area (Å²) < 4.78 is 0. The van der Waals surface area contributed by atoms with Crippen molar-refractivity contribution in [3.8, 4) is 0 Å². The van der Waals surface area contributed by atoms with Crippen molar-refractivity contribution in [2.75, 3.05) is 20.1 Å². The molecule has 0 aromatic heterocycles. The van der Waals surface area contributed by atoms with Gasteiger partial charge < -0.3 is 10.6 Å². The van der Waals surface area contributed by atoms with Crippen LogP contribution in [0.1, 0.15) is 17.5 Å². The number of carbonyl (C=O) groups excluding carboxylic acids is 1. The van der Waals surface area contributed by atoms with Crippen molar-refractivity contribution < 1.29 is 4.79 Å². The fourth-order valence-corrected chi connectivity index (χ4v) is 1.41. The number of aryl methyl sites for hydroxylation is 1. The normalized spacial score (nSPS) is 10.8. The lowest BCUT2D eigenvalue weighted by Crippen LogP contribution is -2.27. The molecule has 0 saturated heterocycles. The van der Waals surface area contributed by atoms with Crippen molar-refractivity contribution >= 4 is 12.0 Å². The van der Waals surface area contributed by atoms with Crippen LogP contribution in [0.25, 0.3) is 6.08 Å². The van der Waals surface area contributed by atoms with Gasteiger partial charge in [-0.15, -0.1) is 0 Å². The Balaban J connectivity index is 2.52. The standard InChI is InChI=1S/C14H20N2O/c1-12-4-6-13(7-5-12)8-9-14(17)16(2)11-3-10-15/h4-9H,3,10-11,15H2,1-2H3/b9-8+. The third-order valence-electron chi connectivity index (χ3n) is 2.57. The number of benzene rings is 1. The Hall–Kier alpha value is -1.61. The van der Waals surface area contributed by atoms with E-state index in [9.17, 15) is 4.79 Å². The van der Waals surface area contributed by atoms with Crippen LogP contribution in [-0.2, 0) is 4.79 Å². The Bertz CT molecular complexity index is 382. The second-order valence-electron chi connectivity index (χ2n) is 4.15. The molecule has 0 bridgehead atoms. The van der Waals surface area contributed by atoms with E-state index in [0.717, 1.165) is 12.0 Å². The van der Waals surface area contributed by atoms with Gasteiger partial charge in [-0.2, -0.15) is 0 Å². The van der Waals surface area contributed by atoms with Gasteiger partial charge in [-0.25, -0.2) is 0 Å². The van der Waals surface area contributed by atoms with Gasteiger partial charge in [0.05, 0.1) is 0 Å². The third kappa shape index (κ3) is 4.83. The van der Waals surface area contributed by atoms with Crippen LogP contribution in [0, 0.1) is 6.92 Å². The molecule has 0 aliphatic heterocycles. The fourth-order valence-electron chi connectivity index (χ4n) is 1.41. The Morgan fingerprint density at radius 2 is 2.00 bits per heavy atom. The molecule has 17 heavy (non-hydrogen) atoms. The Labute approximate surface area is 103 Å². The number of carbonyl (C=O) groups is 1. The van der Waals surface area contributed by atoms with Crippen LogP contribution in [0.3, 0.4) is 0 Å². The van der Waals surface area contributed by atoms with E-state index in [1.807, 2.05) is 37.3 Å². The summed E-state index contributed by atoms with van der Waals surface area (Å²) in [7, 11) is 1.79. The van der Waals surface area contributed by atoms with E-state index < -0.39 is 0 Å². The van der Waals surface area contributed by atoms with Crippen LogP contribution in [0.15, 0.2) is 30.3 Å². The zero-order valence-corrected chi connectivity index (χ0v) is 10.5. The van der Waals surface area contributed by atoms with Crippen molar-refractivity contribution in [2.45, 2.75) is 13.3 Å². The molecule has 1 amide bonds. The zero-order valence-electron chi connectivity index (χ0n) is 10.5. The smallest absolute Gasteiger partial charge is 0.246 e. The van der Waals surface area contributed by atoms with Crippen molar-refractivity contribution in [2.24, 2.45) is 5.73 Å². The molecular weight excluding hydrogens is 212 g/mol. The second kappa shape index (κ2) is 6.86. The molecule has 0 atom stereocenters. The van der Waals surface area contributed by atoms with Gasteiger partial charge in [0, 0.05) is 19.7 Å². The summed E-state index contributed by atoms with van der Waals surface area (Å²) in [5, 5.41) is 0. The first-order valence-electron chi connectivity index (χ1n) is 5.83. The number of nitrogens with zero attached hydrogens (tertiary/aromatic N) is 1. The number of likely N-dealkylation sites (N-methyl/N-ethyl adjacent to an activating group) is 1. The van der Waals surface area contributed by atoms with E-state index in [2.05, 4.69) is 0 Å². The number of hydrogen-bond acceptors (Lipinski definition) is 2. The van der Waals surface area contributed by atoms with Crippen LogP contribution in [0.5, 0.6) is 0 Å². The van der Waals surface area contributed by atoms with Gasteiger partial charge in [0.25, 0.3) is 0 Å². The zero-order chi connectivity index (χ0) is 12.7. The van der Waals surface area contributed by atoms with Crippen molar-refractivity contribution in [1.82, 2.24) is 4.90 Å². The SMILES string of the molecule is Cc1ccc(/C=C/C(=O)N(C)CCCN)cc1. The first-order chi connectivity index (χ1) is 8.13. The molecule has 3 heteroatoms. The fraction of sp³-hybridized carbons (Fsp3) is 0.357. The molecule has 0 spiro atoms. The maximum Gasteiger partial charge on any atom is 0.246 e. The first kappa shape index (κ1) is 13.5. The predicted molar refractivity (Wildman–Crippen MR) is 71.5 cm³/mol. The average molecular weight is 232 g/mol. The summed E-state index contributed by atoms with van der Waals surface area (Å²) in [4.78, 5) is 13.4. The molecule has 0 fully saturated rings. The molecule has 1 aromatic rings. The molecule has 0 aliphatic carbocycles. The molecule has 0 radical (unpaired) electrons. The van der Waals surface area contributed by atoms with Crippen molar-refractivity contribution in [1.29, 1.82) is 0 Å². The molecule has 0 heterocycles. The highest BCUT2D eigenvalue weighted by Gasteiger charge is 2.02. The minimum Gasteiger partial charge on any atom is -0.342 e. The van der Waals surface area contributed by atoms with Crippen LogP contribution in [-0.4, -0.2) is 30.9 Å². The average Bonchev–Trinajstić information content (AvgIpc) is 2.34. The largest absolute Gasteiger partial charge is 0.342 e. The van der Waals surface area contributed by atoms with Crippen molar-refractivity contribution in [3.05, 3.63) is 41.5 Å². The summed E-state index contributed by atoms with van der Waals surface area (Å²) >= 11 is 0. The van der Waals surface area contributed by atoms with Gasteiger partial charge in [0.15, 0.2) is 0 Å². The van der Waals surface area contributed by atoms with E-state index in [4.69, 9.17) is 5.73 Å². The molecule has 2 N–H and O–H groups in total. The molecule has 1 rings (SSSR count). The summed E-state index contributed by atoms with van der Waals surface area (Å²) in [6, 6.07) is 8.06. The maximum absolute atomic E-state index is 11.7. The predicted octanol–water partition coefficient (Wildman–Crippen LogP) is 1.82. The number of amides is 1. The summed E-state index contributed by atoms with van der Waals surface area (Å²) in [5.41, 5.74) is 7.65. The maximum atomic E-state index is 11.7.